The first kappa shape index (κ1) is 21.5. The summed E-state index contributed by atoms with van der Waals surface area (Å²) >= 11 is 0. The average Bonchev–Trinajstić information content (AvgIpc) is 3.31. The predicted octanol–water partition coefficient (Wildman–Crippen LogP) is 5.93. The molecule has 0 unspecified atom stereocenters. The Hall–Kier alpha value is -2.78. The Balaban J connectivity index is 1.60. The molecule has 1 fully saturated rings. The van der Waals surface area contributed by atoms with E-state index in [4.69, 9.17) is 0 Å². The highest BCUT2D eigenvalue weighted by Gasteiger charge is 2.20. The summed E-state index contributed by atoms with van der Waals surface area (Å²) in [5.41, 5.74) is 10.5. The van der Waals surface area contributed by atoms with Crippen LogP contribution in [-0.2, 0) is 0 Å². The van der Waals surface area contributed by atoms with Crippen molar-refractivity contribution in [2.24, 2.45) is 9.98 Å². The van der Waals surface area contributed by atoms with Gasteiger partial charge in [-0.25, -0.2) is 0 Å². The van der Waals surface area contributed by atoms with Gasteiger partial charge in [0.15, 0.2) is 0 Å². The number of likely N-dealkylation sites (tertiary alicyclic amines) is 1. The summed E-state index contributed by atoms with van der Waals surface area (Å²) in [5, 5.41) is 0. The van der Waals surface area contributed by atoms with E-state index in [1.807, 2.05) is 21.0 Å². The van der Waals surface area contributed by atoms with Crippen molar-refractivity contribution >= 4 is 22.6 Å². The van der Waals surface area contributed by atoms with Crippen molar-refractivity contribution in [3.8, 4) is 0 Å². The molecule has 0 amide bonds. The molecule has 1 aromatic rings. The van der Waals surface area contributed by atoms with Crippen LogP contribution in [0.3, 0.4) is 0 Å². The van der Waals surface area contributed by atoms with Gasteiger partial charge in [0.25, 0.3) is 0 Å². The minimum absolute atomic E-state index is 0.910. The number of rotatable bonds is 5. The lowest BCUT2D eigenvalue weighted by molar-refractivity contribution is 0.371. The molecule has 2 aliphatic carbocycles. The molecular weight excluding hydrogens is 378 g/mol. The molecule has 4 rings (SSSR count). The van der Waals surface area contributed by atoms with Crippen LogP contribution in [-0.4, -0.2) is 50.1 Å². The molecule has 31 heavy (non-hydrogen) atoms. The normalized spacial score (nSPS) is 22.3. The third-order valence-corrected chi connectivity index (χ3v) is 6.39. The fourth-order valence-corrected chi connectivity index (χ4v) is 4.72. The van der Waals surface area contributed by atoms with E-state index in [2.05, 4.69) is 70.0 Å². The summed E-state index contributed by atoms with van der Waals surface area (Å²) in [5.74, 6) is 0. The molecule has 3 heteroatoms. The summed E-state index contributed by atoms with van der Waals surface area (Å²) < 4.78 is 0. The molecule has 0 saturated carbocycles. The van der Waals surface area contributed by atoms with Crippen molar-refractivity contribution in [2.45, 2.75) is 32.6 Å². The molecule has 3 nitrogen and oxygen atoms in total. The Kier molecular flexibility index (Phi) is 6.62. The van der Waals surface area contributed by atoms with Crippen LogP contribution >= 0.6 is 0 Å². The van der Waals surface area contributed by atoms with Crippen LogP contribution in [0.4, 0.5) is 0 Å². The second kappa shape index (κ2) is 9.57. The van der Waals surface area contributed by atoms with Crippen LogP contribution in [0.25, 0.3) is 11.1 Å². The van der Waals surface area contributed by atoms with E-state index in [-0.39, 0.29) is 0 Å². The molecule has 3 aliphatic rings. The maximum absolute atomic E-state index is 4.46. The predicted molar refractivity (Wildman–Crippen MR) is 135 cm³/mol. The molecule has 0 spiro atoms. The third kappa shape index (κ3) is 4.62. The molecule has 1 aliphatic heterocycles. The molecule has 0 bridgehead atoms. The van der Waals surface area contributed by atoms with Crippen molar-refractivity contribution in [2.75, 3.05) is 33.7 Å². The first-order chi connectivity index (χ1) is 15.1. The molecule has 0 N–H and O–H groups in total. The van der Waals surface area contributed by atoms with Gasteiger partial charge in [-0.3, -0.25) is 14.9 Å². The lowest BCUT2D eigenvalue weighted by atomic mass is 9.87. The number of benzene rings is 1. The highest BCUT2D eigenvalue weighted by Crippen LogP contribution is 2.32. The van der Waals surface area contributed by atoms with E-state index in [9.17, 15) is 0 Å². The number of aliphatic imine (C=N–C) groups is 2. The minimum Gasteiger partial charge on any atom is -0.299 e. The van der Waals surface area contributed by atoms with Gasteiger partial charge in [0, 0.05) is 26.2 Å². The van der Waals surface area contributed by atoms with E-state index in [0.29, 0.717) is 0 Å². The van der Waals surface area contributed by atoms with Crippen LogP contribution in [0.5, 0.6) is 0 Å². The van der Waals surface area contributed by atoms with Gasteiger partial charge < -0.3 is 0 Å². The summed E-state index contributed by atoms with van der Waals surface area (Å²) in [6.45, 7) is 9.73. The number of allylic oxidation sites excluding steroid dienone is 7. The zero-order chi connectivity index (χ0) is 21.8. The quantitative estimate of drug-likeness (QED) is 0.552. The van der Waals surface area contributed by atoms with Gasteiger partial charge in [0.2, 0.25) is 0 Å². The Labute approximate surface area is 187 Å². The first-order valence-electron chi connectivity index (χ1n) is 11.4. The number of hydrogen-bond donors (Lipinski definition) is 0. The third-order valence-electron chi connectivity index (χ3n) is 6.39. The smallest absolute Gasteiger partial charge is 0.0897 e. The van der Waals surface area contributed by atoms with Crippen molar-refractivity contribution in [3.05, 3.63) is 83.0 Å². The lowest BCUT2D eigenvalue weighted by Crippen LogP contribution is -2.23. The summed E-state index contributed by atoms with van der Waals surface area (Å²) in [4.78, 5) is 11.5. The summed E-state index contributed by atoms with van der Waals surface area (Å²) in [6, 6.07) is 9.01. The molecule has 0 aromatic heterocycles. The van der Waals surface area contributed by atoms with Crippen LogP contribution in [0.15, 0.2) is 81.9 Å². The van der Waals surface area contributed by atoms with Crippen LogP contribution in [0.1, 0.15) is 43.7 Å². The Morgan fingerprint density at radius 3 is 2.26 bits per heavy atom. The lowest BCUT2D eigenvalue weighted by Gasteiger charge is -2.23. The molecule has 0 radical (unpaired) electrons. The standard InChI is InChI=1S/C28H33N3/c1-20(2)26-17-24(18-27(29-3)28(26)30-4)21-11-13-22(14-12-21)25-10-6-5-9-23(25)19-31-15-7-8-16-31/h9-14,17-18H,1,5-8,15-16,19H2,2-4H3. The monoisotopic (exact) mass is 411 g/mol. The molecule has 160 valence electrons. The van der Waals surface area contributed by atoms with Gasteiger partial charge in [-0.05, 0) is 91.3 Å². The zero-order valence-corrected chi connectivity index (χ0v) is 19.1. The van der Waals surface area contributed by atoms with E-state index in [0.717, 1.165) is 47.5 Å². The van der Waals surface area contributed by atoms with Gasteiger partial charge in [0.05, 0.1) is 11.4 Å². The first-order valence-corrected chi connectivity index (χ1v) is 11.4. The van der Waals surface area contributed by atoms with Gasteiger partial charge in [0.1, 0.15) is 0 Å². The summed E-state index contributed by atoms with van der Waals surface area (Å²) in [6.07, 6.45) is 14.1. The summed E-state index contributed by atoms with van der Waals surface area (Å²) in [7, 11) is 3.64. The highest BCUT2D eigenvalue weighted by molar-refractivity contribution is 6.55. The van der Waals surface area contributed by atoms with Crippen LogP contribution < -0.4 is 0 Å². The van der Waals surface area contributed by atoms with Crippen molar-refractivity contribution in [1.82, 2.24) is 4.90 Å². The topological polar surface area (TPSA) is 28.0 Å². The maximum atomic E-state index is 4.46. The van der Waals surface area contributed by atoms with E-state index < -0.39 is 0 Å². The van der Waals surface area contributed by atoms with Crippen LogP contribution in [0.2, 0.25) is 0 Å². The Bertz CT molecular complexity index is 1040. The van der Waals surface area contributed by atoms with Gasteiger partial charge in [-0.1, -0.05) is 43.0 Å². The largest absolute Gasteiger partial charge is 0.299 e. The second-order valence-corrected chi connectivity index (χ2v) is 8.60. The molecule has 1 heterocycles. The van der Waals surface area contributed by atoms with E-state index in [1.165, 1.54) is 48.2 Å². The maximum Gasteiger partial charge on any atom is 0.0897 e. The van der Waals surface area contributed by atoms with E-state index in [1.54, 1.807) is 0 Å². The fourth-order valence-electron chi connectivity index (χ4n) is 4.72. The SMILES string of the molecule is C=C(C)C1=CC(c2ccc(C3=CCCC=C3CN3CCCC3)cc2)=CC(=NC)C1=NC. The molecule has 0 atom stereocenters. The fraction of sp³-hybridized carbons (Fsp3) is 0.357. The van der Waals surface area contributed by atoms with Gasteiger partial charge in [-0.2, -0.15) is 0 Å². The van der Waals surface area contributed by atoms with Gasteiger partial charge >= 0.3 is 0 Å². The number of nitrogens with zero attached hydrogens (tertiary/aromatic N) is 3. The second-order valence-electron chi connectivity index (χ2n) is 8.60. The van der Waals surface area contributed by atoms with Crippen molar-refractivity contribution < 1.29 is 0 Å². The molecular formula is C28H33N3. The molecule has 1 saturated heterocycles. The van der Waals surface area contributed by atoms with Crippen molar-refractivity contribution in [1.29, 1.82) is 0 Å². The highest BCUT2D eigenvalue weighted by atomic mass is 15.1. The zero-order valence-electron chi connectivity index (χ0n) is 19.1. The number of hydrogen-bond acceptors (Lipinski definition) is 3. The minimum atomic E-state index is 0.910. The van der Waals surface area contributed by atoms with E-state index >= 15 is 0 Å². The van der Waals surface area contributed by atoms with Crippen molar-refractivity contribution in [3.63, 3.8) is 0 Å². The van der Waals surface area contributed by atoms with Crippen LogP contribution in [0, 0.1) is 0 Å². The molecule has 1 aromatic carbocycles. The Morgan fingerprint density at radius 1 is 0.935 bits per heavy atom. The average molecular weight is 412 g/mol. The van der Waals surface area contributed by atoms with Gasteiger partial charge in [-0.15, -0.1) is 0 Å². The Morgan fingerprint density at radius 2 is 1.61 bits per heavy atom.